The second-order valence-corrected chi connectivity index (χ2v) is 7.24. The molecular weight excluding hydrogens is 359 g/mol. The van der Waals surface area contributed by atoms with Crippen LogP contribution in [0.3, 0.4) is 0 Å². The van der Waals surface area contributed by atoms with Crippen LogP contribution in [-0.4, -0.2) is 29.1 Å². The number of alkyl halides is 3. The fraction of sp³-hybridized carbons (Fsp3) is 0.353. The molecule has 0 aliphatic rings. The summed E-state index contributed by atoms with van der Waals surface area (Å²) in [5.74, 6) is -0.908. The molecular formula is C17H19Cl3O3. The van der Waals surface area contributed by atoms with Crippen LogP contribution in [-0.2, 0) is 14.3 Å². The highest BCUT2D eigenvalue weighted by Gasteiger charge is 2.32. The molecule has 3 nitrogen and oxygen atoms in total. The molecule has 0 N–H and O–H groups in total. The highest BCUT2D eigenvalue weighted by Crippen LogP contribution is 2.28. The second-order valence-electron chi connectivity index (χ2n) is 4.73. The lowest BCUT2D eigenvalue weighted by molar-refractivity contribution is -0.157. The van der Waals surface area contributed by atoms with E-state index >= 15 is 0 Å². The number of hydrogen-bond donors (Lipinski definition) is 0. The summed E-state index contributed by atoms with van der Waals surface area (Å²) in [6.45, 7) is 5.32. The lowest BCUT2D eigenvalue weighted by atomic mass is 9.92. The number of hydrogen-bond acceptors (Lipinski definition) is 3. The Morgan fingerprint density at radius 2 is 1.96 bits per heavy atom. The van der Waals surface area contributed by atoms with Crippen LogP contribution in [0.2, 0.25) is 0 Å². The van der Waals surface area contributed by atoms with Crippen LogP contribution in [0.4, 0.5) is 0 Å². The summed E-state index contributed by atoms with van der Waals surface area (Å²) < 4.78 is 9.04. The Bertz CT molecular complexity index is 524. The molecule has 126 valence electrons. The zero-order chi connectivity index (χ0) is 17.3. The molecule has 0 spiro atoms. The molecule has 1 rings (SSSR count). The summed E-state index contributed by atoms with van der Waals surface area (Å²) >= 11 is 16.9. The standard InChI is InChI=1S/C17H19Cl3O3/c1-3-8-14(13-9-6-5-7-10-13)15(22-11-4-2)16(21)23-12-17(18,19)20/h3-10,14-15H,2,11-12H2,1H3/b8-3+/t14-,15-/m1/s1. The van der Waals surface area contributed by atoms with E-state index in [0.717, 1.165) is 5.56 Å². The van der Waals surface area contributed by atoms with Crippen molar-refractivity contribution < 1.29 is 14.3 Å². The van der Waals surface area contributed by atoms with E-state index in [1.165, 1.54) is 0 Å². The van der Waals surface area contributed by atoms with Crippen molar-refractivity contribution in [1.82, 2.24) is 0 Å². The molecule has 0 bridgehead atoms. The summed E-state index contributed by atoms with van der Waals surface area (Å²) in [6.07, 6.45) is 4.43. The molecule has 0 amide bonds. The van der Waals surface area contributed by atoms with E-state index < -0.39 is 15.9 Å². The molecule has 0 fully saturated rings. The summed E-state index contributed by atoms with van der Waals surface area (Å²) in [4.78, 5) is 12.4. The number of halogens is 3. The first kappa shape index (κ1) is 20.0. The number of carbonyl (C=O) groups is 1. The van der Waals surface area contributed by atoms with Crippen molar-refractivity contribution in [3.63, 3.8) is 0 Å². The van der Waals surface area contributed by atoms with Crippen molar-refractivity contribution in [3.05, 3.63) is 60.7 Å². The fourth-order valence-electron chi connectivity index (χ4n) is 1.99. The average molecular weight is 378 g/mol. The molecule has 0 radical (unpaired) electrons. The largest absolute Gasteiger partial charge is 0.459 e. The van der Waals surface area contributed by atoms with Crippen LogP contribution in [0.25, 0.3) is 0 Å². The van der Waals surface area contributed by atoms with Gasteiger partial charge in [-0.2, -0.15) is 0 Å². The minimum Gasteiger partial charge on any atom is -0.459 e. The van der Waals surface area contributed by atoms with Crippen molar-refractivity contribution in [2.75, 3.05) is 13.2 Å². The third-order valence-corrected chi connectivity index (χ3v) is 3.24. The monoisotopic (exact) mass is 376 g/mol. The van der Waals surface area contributed by atoms with Crippen molar-refractivity contribution >= 4 is 40.8 Å². The van der Waals surface area contributed by atoms with E-state index in [1.807, 2.05) is 49.4 Å². The molecule has 0 aliphatic carbocycles. The van der Waals surface area contributed by atoms with Gasteiger partial charge < -0.3 is 9.47 Å². The van der Waals surface area contributed by atoms with Gasteiger partial charge in [0.15, 0.2) is 6.10 Å². The first-order chi connectivity index (χ1) is 10.9. The molecule has 0 aromatic heterocycles. The van der Waals surface area contributed by atoms with Gasteiger partial charge in [-0.25, -0.2) is 4.79 Å². The lowest BCUT2D eigenvalue weighted by Gasteiger charge is -2.24. The normalized spacial score (nSPS) is 14.4. The minimum absolute atomic E-state index is 0.203. The highest BCUT2D eigenvalue weighted by molar-refractivity contribution is 6.67. The van der Waals surface area contributed by atoms with E-state index in [9.17, 15) is 4.79 Å². The number of ether oxygens (including phenoxy) is 2. The Labute approximate surface area is 151 Å². The molecule has 1 aromatic carbocycles. The minimum atomic E-state index is -1.67. The third-order valence-electron chi connectivity index (χ3n) is 2.91. The summed E-state index contributed by atoms with van der Waals surface area (Å²) in [6, 6.07) is 9.51. The maximum Gasteiger partial charge on any atom is 0.336 e. The fourth-order valence-corrected chi connectivity index (χ4v) is 2.16. The van der Waals surface area contributed by atoms with E-state index in [4.69, 9.17) is 44.3 Å². The quantitative estimate of drug-likeness (QED) is 0.370. The van der Waals surface area contributed by atoms with E-state index in [0.29, 0.717) is 0 Å². The number of carbonyl (C=O) groups excluding carboxylic acids is 1. The second kappa shape index (κ2) is 9.99. The van der Waals surface area contributed by atoms with E-state index in [1.54, 1.807) is 6.08 Å². The first-order valence-electron chi connectivity index (χ1n) is 7.02. The van der Waals surface area contributed by atoms with Crippen molar-refractivity contribution in [2.24, 2.45) is 0 Å². The van der Waals surface area contributed by atoms with E-state index in [-0.39, 0.29) is 19.1 Å². The Balaban J connectivity index is 3.00. The summed E-state index contributed by atoms with van der Waals surface area (Å²) in [7, 11) is 0. The van der Waals surface area contributed by atoms with Crippen LogP contribution in [0.15, 0.2) is 55.1 Å². The van der Waals surface area contributed by atoms with Gasteiger partial charge in [-0.3, -0.25) is 0 Å². The molecule has 0 heterocycles. The highest BCUT2D eigenvalue weighted by atomic mass is 35.6. The third kappa shape index (κ3) is 7.40. The zero-order valence-corrected chi connectivity index (χ0v) is 15.0. The molecule has 2 atom stereocenters. The molecule has 6 heteroatoms. The average Bonchev–Trinajstić information content (AvgIpc) is 2.52. The summed E-state index contributed by atoms with van der Waals surface area (Å²) in [5.41, 5.74) is 0.922. The van der Waals surface area contributed by atoms with Gasteiger partial charge in [0.1, 0.15) is 6.61 Å². The van der Waals surface area contributed by atoms with Gasteiger partial charge in [0.05, 0.1) is 6.61 Å². The number of esters is 1. The molecule has 0 saturated heterocycles. The van der Waals surface area contributed by atoms with Gasteiger partial charge in [-0.05, 0) is 12.5 Å². The molecule has 1 aromatic rings. The maximum absolute atomic E-state index is 12.4. The van der Waals surface area contributed by atoms with Gasteiger partial charge in [-0.1, -0.05) is 83.4 Å². The first-order valence-corrected chi connectivity index (χ1v) is 8.16. The van der Waals surface area contributed by atoms with Crippen molar-refractivity contribution in [2.45, 2.75) is 22.7 Å². The zero-order valence-electron chi connectivity index (χ0n) is 12.8. The van der Waals surface area contributed by atoms with Crippen LogP contribution in [0.1, 0.15) is 18.4 Å². The molecule has 0 unspecified atom stereocenters. The molecule has 0 saturated carbocycles. The lowest BCUT2D eigenvalue weighted by Crippen LogP contribution is -2.34. The summed E-state index contributed by atoms with van der Waals surface area (Å²) in [5, 5.41) is 0. The van der Waals surface area contributed by atoms with Gasteiger partial charge in [0, 0.05) is 5.92 Å². The van der Waals surface area contributed by atoms with Crippen LogP contribution >= 0.6 is 34.8 Å². The van der Waals surface area contributed by atoms with Gasteiger partial charge >= 0.3 is 5.97 Å². The predicted octanol–water partition coefficient (Wildman–Crippen LogP) is 4.83. The SMILES string of the molecule is C=CCO[C@@H](C(=O)OCC(Cl)(Cl)Cl)[C@H](/C=C/C)c1ccccc1. The maximum atomic E-state index is 12.4. The number of benzene rings is 1. The Morgan fingerprint density at radius 3 is 2.48 bits per heavy atom. The van der Waals surface area contributed by atoms with Gasteiger partial charge in [0.25, 0.3) is 0 Å². The van der Waals surface area contributed by atoms with Gasteiger partial charge in [0.2, 0.25) is 3.79 Å². The predicted molar refractivity (Wildman–Crippen MR) is 95.2 cm³/mol. The van der Waals surface area contributed by atoms with Crippen molar-refractivity contribution in [1.29, 1.82) is 0 Å². The Kier molecular flexibility index (Phi) is 8.71. The Morgan fingerprint density at radius 1 is 1.30 bits per heavy atom. The van der Waals surface area contributed by atoms with Crippen LogP contribution in [0.5, 0.6) is 0 Å². The smallest absolute Gasteiger partial charge is 0.336 e. The van der Waals surface area contributed by atoms with Crippen LogP contribution < -0.4 is 0 Å². The van der Waals surface area contributed by atoms with Gasteiger partial charge in [-0.15, -0.1) is 6.58 Å². The Hall–Kier alpha value is -1.00. The van der Waals surface area contributed by atoms with E-state index in [2.05, 4.69) is 6.58 Å². The molecule has 23 heavy (non-hydrogen) atoms. The van der Waals surface area contributed by atoms with Crippen LogP contribution in [0, 0.1) is 0 Å². The number of rotatable bonds is 8. The topological polar surface area (TPSA) is 35.5 Å². The van der Waals surface area contributed by atoms with Crippen molar-refractivity contribution in [3.8, 4) is 0 Å². The number of allylic oxidation sites excluding steroid dienone is 1. The molecule has 0 aliphatic heterocycles.